The molecule has 1 atom stereocenters. The molecule has 1 aromatic heterocycles. The van der Waals surface area contributed by atoms with Crippen molar-refractivity contribution in [2.45, 2.75) is 32.8 Å². The molecular weight excluding hydrogens is 246 g/mol. The first-order valence-corrected chi connectivity index (χ1v) is 7.07. The highest BCUT2D eigenvalue weighted by atomic mass is 32.1. The van der Waals surface area contributed by atoms with Crippen molar-refractivity contribution in [3.8, 4) is 0 Å². The van der Waals surface area contributed by atoms with Gasteiger partial charge in [0.2, 0.25) is 0 Å². The van der Waals surface area contributed by atoms with Gasteiger partial charge in [0.25, 0.3) is 0 Å². The molecule has 0 aromatic carbocycles. The molecule has 1 unspecified atom stereocenters. The van der Waals surface area contributed by atoms with E-state index in [1.807, 2.05) is 6.07 Å². The van der Waals surface area contributed by atoms with Gasteiger partial charge in [-0.2, -0.15) is 0 Å². The average Bonchev–Trinajstić information content (AvgIpc) is 2.39. The number of nitrogens with zero attached hydrogens (tertiary/aromatic N) is 2. The smallest absolute Gasteiger partial charge is 0.138 e. The standard InChI is InChI=1S/C13H21N3OS/c1-3-5-16-6-7-17-11(9-16)13-14-10(4-2)8-12(18)15-13/h8,11H,3-7,9H2,1-2H3,(H,14,15,18). The number of rotatable bonds is 4. The van der Waals surface area contributed by atoms with E-state index in [-0.39, 0.29) is 6.10 Å². The number of hydrogen-bond donors (Lipinski definition) is 1. The summed E-state index contributed by atoms with van der Waals surface area (Å²) in [5.74, 6) is 0.875. The number of H-pyrrole nitrogens is 1. The van der Waals surface area contributed by atoms with E-state index in [1.165, 1.54) is 6.42 Å². The number of aryl methyl sites for hydroxylation is 1. The SMILES string of the molecule is CCCN1CCOC(c2nc(=S)cc(CC)[nH]2)C1. The fourth-order valence-corrected chi connectivity index (χ4v) is 2.50. The molecule has 1 N–H and O–H groups in total. The molecule has 100 valence electrons. The van der Waals surface area contributed by atoms with Crippen molar-refractivity contribution in [2.24, 2.45) is 0 Å². The van der Waals surface area contributed by atoms with Crippen molar-refractivity contribution in [1.29, 1.82) is 0 Å². The molecule has 4 nitrogen and oxygen atoms in total. The van der Waals surface area contributed by atoms with Crippen LogP contribution in [0.15, 0.2) is 6.07 Å². The van der Waals surface area contributed by atoms with Gasteiger partial charge in [0, 0.05) is 18.8 Å². The summed E-state index contributed by atoms with van der Waals surface area (Å²) in [6.07, 6.45) is 2.13. The van der Waals surface area contributed by atoms with Crippen molar-refractivity contribution in [1.82, 2.24) is 14.9 Å². The number of aromatic nitrogens is 2. The second-order valence-electron chi connectivity index (χ2n) is 4.64. The van der Waals surface area contributed by atoms with E-state index in [0.717, 1.165) is 44.2 Å². The third kappa shape index (κ3) is 3.37. The Morgan fingerprint density at radius 1 is 1.56 bits per heavy atom. The monoisotopic (exact) mass is 267 g/mol. The second kappa shape index (κ2) is 6.41. The Kier molecular flexibility index (Phi) is 4.86. The van der Waals surface area contributed by atoms with Gasteiger partial charge in [-0.25, -0.2) is 4.98 Å². The van der Waals surface area contributed by atoms with Crippen molar-refractivity contribution in [2.75, 3.05) is 26.2 Å². The topological polar surface area (TPSA) is 41.1 Å². The van der Waals surface area contributed by atoms with Gasteiger partial charge >= 0.3 is 0 Å². The lowest BCUT2D eigenvalue weighted by atomic mass is 10.2. The van der Waals surface area contributed by atoms with E-state index in [9.17, 15) is 0 Å². The molecule has 1 fully saturated rings. The average molecular weight is 267 g/mol. The number of hydrogen-bond acceptors (Lipinski definition) is 4. The van der Waals surface area contributed by atoms with Crippen LogP contribution in [0.5, 0.6) is 0 Å². The first-order valence-electron chi connectivity index (χ1n) is 6.67. The van der Waals surface area contributed by atoms with E-state index >= 15 is 0 Å². The predicted molar refractivity (Wildman–Crippen MR) is 74.2 cm³/mol. The summed E-state index contributed by atoms with van der Waals surface area (Å²) in [7, 11) is 0. The van der Waals surface area contributed by atoms with Crippen LogP contribution < -0.4 is 0 Å². The van der Waals surface area contributed by atoms with Gasteiger partial charge in [-0.3, -0.25) is 4.90 Å². The summed E-state index contributed by atoms with van der Waals surface area (Å²) >= 11 is 5.20. The summed E-state index contributed by atoms with van der Waals surface area (Å²) in [6.45, 7) is 8.11. The van der Waals surface area contributed by atoms with Crippen LogP contribution in [-0.4, -0.2) is 41.1 Å². The maximum Gasteiger partial charge on any atom is 0.138 e. The van der Waals surface area contributed by atoms with Gasteiger partial charge in [-0.05, 0) is 25.5 Å². The van der Waals surface area contributed by atoms with Crippen LogP contribution >= 0.6 is 12.2 Å². The first kappa shape index (κ1) is 13.6. The maximum atomic E-state index is 5.81. The van der Waals surface area contributed by atoms with Crippen LogP contribution in [0, 0.1) is 4.64 Å². The highest BCUT2D eigenvalue weighted by Gasteiger charge is 2.23. The molecular formula is C13H21N3OS. The highest BCUT2D eigenvalue weighted by Crippen LogP contribution is 2.19. The van der Waals surface area contributed by atoms with Crippen molar-refractivity contribution in [3.05, 3.63) is 22.2 Å². The van der Waals surface area contributed by atoms with E-state index in [1.54, 1.807) is 0 Å². The summed E-state index contributed by atoms with van der Waals surface area (Å²) in [6, 6.07) is 1.92. The summed E-state index contributed by atoms with van der Waals surface area (Å²) < 4.78 is 6.46. The molecule has 0 amide bonds. The Hall–Kier alpha value is -0.780. The maximum absolute atomic E-state index is 5.81. The lowest BCUT2D eigenvalue weighted by Gasteiger charge is -2.32. The predicted octanol–water partition coefficient (Wildman–Crippen LogP) is 2.48. The minimum absolute atomic E-state index is 0.0264. The molecule has 2 heterocycles. The summed E-state index contributed by atoms with van der Waals surface area (Å²) in [4.78, 5) is 10.2. The van der Waals surface area contributed by atoms with Crippen LogP contribution in [0.25, 0.3) is 0 Å². The summed E-state index contributed by atoms with van der Waals surface area (Å²) in [5.41, 5.74) is 1.13. The molecule has 1 aromatic rings. The fourth-order valence-electron chi connectivity index (χ4n) is 2.26. The molecule has 0 radical (unpaired) electrons. The summed E-state index contributed by atoms with van der Waals surface area (Å²) in [5, 5.41) is 0. The quantitative estimate of drug-likeness (QED) is 0.851. The molecule has 1 saturated heterocycles. The van der Waals surface area contributed by atoms with Crippen LogP contribution in [0.1, 0.15) is 37.9 Å². The third-order valence-corrected chi connectivity index (χ3v) is 3.40. The van der Waals surface area contributed by atoms with Gasteiger partial charge in [-0.15, -0.1) is 0 Å². The van der Waals surface area contributed by atoms with Gasteiger partial charge in [-0.1, -0.05) is 26.1 Å². The molecule has 0 aliphatic carbocycles. The second-order valence-corrected chi connectivity index (χ2v) is 5.06. The number of ether oxygens (including phenoxy) is 1. The molecule has 5 heteroatoms. The zero-order chi connectivity index (χ0) is 13.0. The molecule has 0 saturated carbocycles. The van der Waals surface area contributed by atoms with E-state index in [0.29, 0.717) is 4.64 Å². The van der Waals surface area contributed by atoms with Crippen molar-refractivity contribution >= 4 is 12.2 Å². The Labute approximate surface area is 113 Å². The molecule has 2 rings (SSSR count). The Morgan fingerprint density at radius 2 is 2.39 bits per heavy atom. The lowest BCUT2D eigenvalue weighted by molar-refractivity contribution is -0.0343. The van der Waals surface area contributed by atoms with E-state index in [4.69, 9.17) is 17.0 Å². The van der Waals surface area contributed by atoms with Crippen molar-refractivity contribution < 1.29 is 4.74 Å². The fraction of sp³-hybridized carbons (Fsp3) is 0.692. The third-order valence-electron chi connectivity index (χ3n) is 3.19. The molecule has 0 bridgehead atoms. The van der Waals surface area contributed by atoms with Crippen LogP contribution in [0.4, 0.5) is 0 Å². The van der Waals surface area contributed by atoms with Gasteiger partial charge in [0.05, 0.1) is 6.61 Å². The molecule has 18 heavy (non-hydrogen) atoms. The number of morpholine rings is 1. The van der Waals surface area contributed by atoms with Crippen LogP contribution in [0.2, 0.25) is 0 Å². The highest BCUT2D eigenvalue weighted by molar-refractivity contribution is 7.71. The molecule has 1 aliphatic heterocycles. The van der Waals surface area contributed by atoms with Gasteiger partial charge in [0.15, 0.2) is 0 Å². The molecule has 1 aliphatic rings. The largest absolute Gasteiger partial charge is 0.368 e. The normalized spacial score (nSPS) is 21.1. The Morgan fingerprint density at radius 3 is 3.11 bits per heavy atom. The van der Waals surface area contributed by atoms with Crippen LogP contribution in [0.3, 0.4) is 0 Å². The number of nitrogens with one attached hydrogen (secondary N) is 1. The minimum atomic E-state index is 0.0264. The lowest BCUT2D eigenvalue weighted by Crippen LogP contribution is -2.39. The first-order chi connectivity index (χ1) is 8.72. The molecule has 0 spiro atoms. The zero-order valence-electron chi connectivity index (χ0n) is 11.1. The Balaban J connectivity index is 2.15. The zero-order valence-corrected chi connectivity index (χ0v) is 11.9. The van der Waals surface area contributed by atoms with Crippen molar-refractivity contribution in [3.63, 3.8) is 0 Å². The minimum Gasteiger partial charge on any atom is -0.368 e. The van der Waals surface area contributed by atoms with E-state index in [2.05, 4.69) is 28.7 Å². The van der Waals surface area contributed by atoms with Gasteiger partial charge < -0.3 is 9.72 Å². The van der Waals surface area contributed by atoms with Crippen LogP contribution in [-0.2, 0) is 11.2 Å². The van der Waals surface area contributed by atoms with Gasteiger partial charge in [0.1, 0.15) is 16.6 Å². The van der Waals surface area contributed by atoms with E-state index < -0.39 is 0 Å². The Bertz CT molecular complexity index is 444. The number of aromatic amines is 1.